The van der Waals surface area contributed by atoms with E-state index >= 15 is 0 Å². The zero-order valence-corrected chi connectivity index (χ0v) is 16.3. The van der Waals surface area contributed by atoms with Gasteiger partial charge in [0.1, 0.15) is 0 Å². The van der Waals surface area contributed by atoms with E-state index in [2.05, 4.69) is 9.62 Å². The molecule has 1 fully saturated rings. The van der Waals surface area contributed by atoms with Crippen LogP contribution in [0.2, 0.25) is 0 Å². The van der Waals surface area contributed by atoms with E-state index in [1.54, 1.807) is 35.2 Å². The Balaban J connectivity index is 1.68. The number of morpholine rings is 1. The second kappa shape index (κ2) is 6.87. The topological polar surface area (TPSA) is 79.0 Å². The van der Waals surface area contributed by atoms with E-state index in [1.165, 1.54) is 0 Å². The number of amides is 1. The second-order valence-corrected chi connectivity index (χ2v) is 8.70. The lowest BCUT2D eigenvalue weighted by Crippen LogP contribution is -2.45. The molecule has 144 valence electrons. The summed E-state index contributed by atoms with van der Waals surface area (Å²) in [5, 5.41) is 1.28. The van der Waals surface area contributed by atoms with Gasteiger partial charge in [-0.05, 0) is 32.2 Å². The molecule has 8 heteroatoms. The van der Waals surface area contributed by atoms with Crippen molar-refractivity contribution in [2.75, 3.05) is 44.7 Å². The smallest absolute Gasteiger partial charge is 0.258 e. The molecular formula is C19H23N3O4S. The van der Waals surface area contributed by atoms with Crippen molar-refractivity contribution in [1.82, 2.24) is 9.62 Å². The molecule has 27 heavy (non-hydrogen) atoms. The molecule has 1 unspecified atom stereocenters. The number of carbonyl (C=O) groups is 1. The zero-order valence-electron chi connectivity index (χ0n) is 15.4. The van der Waals surface area contributed by atoms with Crippen molar-refractivity contribution in [2.45, 2.75) is 17.9 Å². The minimum atomic E-state index is -3.73. The van der Waals surface area contributed by atoms with Gasteiger partial charge in [0.15, 0.2) is 0 Å². The highest BCUT2D eigenvalue weighted by Gasteiger charge is 2.31. The van der Waals surface area contributed by atoms with Gasteiger partial charge in [-0.2, -0.15) is 0 Å². The van der Waals surface area contributed by atoms with E-state index in [4.69, 9.17) is 4.74 Å². The van der Waals surface area contributed by atoms with Crippen LogP contribution in [-0.2, 0) is 14.8 Å². The van der Waals surface area contributed by atoms with Crippen LogP contribution in [0.4, 0.5) is 5.69 Å². The number of sulfonamides is 1. The van der Waals surface area contributed by atoms with Crippen LogP contribution in [-0.4, -0.2) is 65.2 Å². The second-order valence-electron chi connectivity index (χ2n) is 6.97. The highest BCUT2D eigenvalue weighted by Crippen LogP contribution is 2.39. The summed E-state index contributed by atoms with van der Waals surface area (Å²) in [5.41, 5.74) is 1.32. The molecule has 2 aliphatic heterocycles. The molecule has 2 aromatic rings. The number of hydrogen-bond acceptors (Lipinski definition) is 5. The van der Waals surface area contributed by atoms with Gasteiger partial charge >= 0.3 is 0 Å². The van der Waals surface area contributed by atoms with Gasteiger partial charge in [0.25, 0.3) is 5.91 Å². The quantitative estimate of drug-likeness (QED) is 0.837. The number of carbonyl (C=O) groups excluding carboxylic acids is 1. The minimum Gasteiger partial charge on any atom is -0.374 e. The lowest BCUT2D eigenvalue weighted by molar-refractivity contribution is -0.0156. The summed E-state index contributed by atoms with van der Waals surface area (Å²) in [6.45, 7) is 4.80. The van der Waals surface area contributed by atoms with Crippen LogP contribution in [0.1, 0.15) is 17.3 Å². The first-order valence-electron chi connectivity index (χ1n) is 9.10. The number of anilines is 1. The van der Waals surface area contributed by atoms with Gasteiger partial charge in [-0.15, -0.1) is 0 Å². The Labute approximate surface area is 158 Å². The van der Waals surface area contributed by atoms with E-state index in [1.807, 2.05) is 14.0 Å². The molecule has 0 saturated carbocycles. The number of rotatable bonds is 5. The van der Waals surface area contributed by atoms with Crippen molar-refractivity contribution in [3.05, 3.63) is 35.9 Å². The van der Waals surface area contributed by atoms with Gasteiger partial charge in [-0.1, -0.05) is 12.1 Å². The number of likely N-dealkylation sites (N-methyl/N-ethyl adjacent to an activating group) is 1. The minimum absolute atomic E-state index is 0.0840. The van der Waals surface area contributed by atoms with Crippen molar-refractivity contribution >= 4 is 32.4 Å². The Morgan fingerprint density at radius 3 is 2.81 bits per heavy atom. The van der Waals surface area contributed by atoms with E-state index in [9.17, 15) is 13.2 Å². The third-order valence-electron chi connectivity index (χ3n) is 5.19. The Bertz CT molecular complexity index is 1010. The maximum atomic E-state index is 13.0. The molecule has 0 aromatic heterocycles. The monoisotopic (exact) mass is 389 g/mol. The summed E-state index contributed by atoms with van der Waals surface area (Å²) in [7, 11) is -1.74. The van der Waals surface area contributed by atoms with Crippen LogP contribution < -0.4 is 9.62 Å². The molecule has 1 N–H and O–H groups in total. The van der Waals surface area contributed by atoms with E-state index in [0.717, 1.165) is 12.2 Å². The lowest BCUT2D eigenvalue weighted by Gasteiger charge is -2.30. The fourth-order valence-electron chi connectivity index (χ4n) is 3.84. The number of nitrogens with one attached hydrogen (secondary N) is 1. The molecule has 1 atom stereocenters. The first-order chi connectivity index (χ1) is 12.9. The molecule has 4 rings (SSSR count). The predicted octanol–water partition coefficient (Wildman–Crippen LogP) is 1.43. The van der Waals surface area contributed by atoms with Crippen molar-refractivity contribution < 1.29 is 17.9 Å². The van der Waals surface area contributed by atoms with E-state index < -0.39 is 10.0 Å². The number of nitrogens with zero attached hydrogens (tertiary/aromatic N) is 2. The predicted molar refractivity (Wildman–Crippen MR) is 104 cm³/mol. The van der Waals surface area contributed by atoms with Gasteiger partial charge in [-0.25, -0.2) is 13.1 Å². The van der Waals surface area contributed by atoms with Crippen molar-refractivity contribution in [1.29, 1.82) is 0 Å². The highest BCUT2D eigenvalue weighted by molar-refractivity contribution is 7.89. The summed E-state index contributed by atoms with van der Waals surface area (Å²) < 4.78 is 34.2. The lowest BCUT2D eigenvalue weighted by atomic mass is 10.1. The van der Waals surface area contributed by atoms with Crippen molar-refractivity contribution in [3.63, 3.8) is 0 Å². The SMILES string of the molecule is CCN1C(=O)c2cccc3c(S(=O)(=O)NCC4CN(C)CCO4)ccc1c23. The van der Waals surface area contributed by atoms with Gasteiger partial charge in [0.05, 0.1) is 23.3 Å². The standard InChI is InChI=1S/C19H23N3O4S/c1-3-22-16-7-8-17(14-5-4-6-15(18(14)16)19(22)23)27(24,25)20-11-13-12-21(2)9-10-26-13/h4-8,13,20H,3,9-12H2,1-2H3. The molecule has 0 radical (unpaired) electrons. The maximum absolute atomic E-state index is 13.0. The molecule has 2 heterocycles. The summed E-state index contributed by atoms with van der Waals surface area (Å²) in [4.78, 5) is 16.6. The Morgan fingerprint density at radius 1 is 1.26 bits per heavy atom. The fourth-order valence-corrected chi connectivity index (χ4v) is 5.11. The fraction of sp³-hybridized carbons (Fsp3) is 0.421. The number of ether oxygens (including phenoxy) is 1. The van der Waals surface area contributed by atoms with Gasteiger partial charge in [0.2, 0.25) is 10.0 Å². The van der Waals surface area contributed by atoms with Crippen LogP contribution in [0.25, 0.3) is 10.8 Å². The molecular weight excluding hydrogens is 366 g/mol. The molecule has 7 nitrogen and oxygen atoms in total. The highest BCUT2D eigenvalue weighted by atomic mass is 32.2. The Kier molecular flexibility index (Phi) is 4.67. The molecule has 0 aliphatic carbocycles. The molecule has 0 bridgehead atoms. The summed E-state index contributed by atoms with van der Waals surface area (Å²) >= 11 is 0. The first-order valence-corrected chi connectivity index (χ1v) is 10.6. The molecule has 2 aliphatic rings. The summed E-state index contributed by atoms with van der Waals surface area (Å²) in [6, 6.07) is 8.54. The average Bonchev–Trinajstić information content (AvgIpc) is 2.93. The van der Waals surface area contributed by atoms with Crippen LogP contribution in [0.15, 0.2) is 35.2 Å². The normalized spacial score (nSPS) is 20.6. The van der Waals surface area contributed by atoms with E-state index in [0.29, 0.717) is 36.0 Å². The molecule has 1 saturated heterocycles. The van der Waals surface area contributed by atoms with Crippen LogP contribution in [0.5, 0.6) is 0 Å². The molecule has 0 spiro atoms. The van der Waals surface area contributed by atoms with Crippen molar-refractivity contribution in [2.24, 2.45) is 0 Å². The van der Waals surface area contributed by atoms with Gasteiger partial charge < -0.3 is 14.5 Å². The van der Waals surface area contributed by atoms with Gasteiger partial charge in [-0.3, -0.25) is 4.79 Å². The van der Waals surface area contributed by atoms with E-state index in [-0.39, 0.29) is 23.5 Å². The average molecular weight is 389 g/mol. The Hall–Kier alpha value is -2.00. The molecule has 2 aromatic carbocycles. The zero-order chi connectivity index (χ0) is 19.2. The first kappa shape index (κ1) is 18.4. The van der Waals surface area contributed by atoms with Crippen molar-refractivity contribution in [3.8, 4) is 0 Å². The number of hydrogen-bond donors (Lipinski definition) is 1. The number of benzene rings is 2. The molecule has 1 amide bonds. The summed E-state index contributed by atoms with van der Waals surface area (Å²) in [6.07, 6.45) is -0.174. The largest absolute Gasteiger partial charge is 0.374 e. The summed E-state index contributed by atoms with van der Waals surface area (Å²) in [5.74, 6) is -0.0840. The Morgan fingerprint density at radius 2 is 2.07 bits per heavy atom. The maximum Gasteiger partial charge on any atom is 0.258 e. The van der Waals surface area contributed by atoms with Crippen LogP contribution >= 0.6 is 0 Å². The van der Waals surface area contributed by atoms with Crippen LogP contribution in [0, 0.1) is 0 Å². The van der Waals surface area contributed by atoms with Gasteiger partial charge in [0, 0.05) is 42.5 Å². The third kappa shape index (κ3) is 3.12. The van der Waals surface area contributed by atoms with Crippen LogP contribution in [0.3, 0.4) is 0 Å². The third-order valence-corrected chi connectivity index (χ3v) is 6.68.